The zero-order chi connectivity index (χ0) is 13.8. The summed E-state index contributed by atoms with van der Waals surface area (Å²) in [5, 5.41) is 3.40. The van der Waals surface area contributed by atoms with Gasteiger partial charge in [0.2, 0.25) is 0 Å². The number of rotatable bonds is 4. The molecule has 0 atom stereocenters. The number of fused-ring (bicyclic) bond motifs is 1. The van der Waals surface area contributed by atoms with Crippen molar-refractivity contribution in [2.75, 3.05) is 23.3 Å². The first-order valence-corrected chi connectivity index (χ1v) is 7.52. The lowest BCUT2D eigenvalue weighted by Crippen LogP contribution is -2.28. The van der Waals surface area contributed by atoms with Crippen LogP contribution in [0.3, 0.4) is 0 Å². The Kier molecular flexibility index (Phi) is 3.91. The topological polar surface area (TPSA) is 15.3 Å². The van der Waals surface area contributed by atoms with Crippen molar-refractivity contribution in [3.63, 3.8) is 0 Å². The first-order chi connectivity index (χ1) is 9.86. The second-order valence-electron chi connectivity index (χ2n) is 5.38. The van der Waals surface area contributed by atoms with E-state index in [1.54, 1.807) is 0 Å². The van der Waals surface area contributed by atoms with Gasteiger partial charge in [0, 0.05) is 31.0 Å². The number of hydrogen-bond acceptors (Lipinski definition) is 2. The summed E-state index contributed by atoms with van der Waals surface area (Å²) in [6, 6.07) is 17.5. The minimum Gasteiger partial charge on any atom is -0.385 e. The summed E-state index contributed by atoms with van der Waals surface area (Å²) in [6.07, 6.45) is 2.44. The summed E-state index contributed by atoms with van der Waals surface area (Å²) in [5.74, 6) is 0. The number of aryl methyl sites for hydroxylation is 1. The van der Waals surface area contributed by atoms with Gasteiger partial charge in [0.1, 0.15) is 0 Å². The molecule has 1 heterocycles. The van der Waals surface area contributed by atoms with Gasteiger partial charge in [-0.2, -0.15) is 0 Å². The van der Waals surface area contributed by atoms with Crippen LogP contribution in [0.25, 0.3) is 0 Å². The molecule has 1 N–H and O–H groups in total. The molecule has 0 aliphatic carbocycles. The molecule has 2 aromatic rings. The molecule has 20 heavy (non-hydrogen) atoms. The van der Waals surface area contributed by atoms with Crippen LogP contribution >= 0.6 is 0 Å². The Balaban J connectivity index is 1.83. The molecule has 0 aromatic heterocycles. The molecule has 2 heteroatoms. The van der Waals surface area contributed by atoms with Crippen LogP contribution < -0.4 is 10.2 Å². The number of nitrogens with zero attached hydrogens (tertiary/aromatic N) is 1. The lowest BCUT2D eigenvalue weighted by atomic mass is 10.00. The third kappa shape index (κ3) is 2.79. The molecule has 0 amide bonds. The van der Waals surface area contributed by atoms with Gasteiger partial charge in [-0.3, -0.25) is 0 Å². The van der Waals surface area contributed by atoms with E-state index < -0.39 is 0 Å². The monoisotopic (exact) mass is 266 g/mol. The van der Waals surface area contributed by atoms with Gasteiger partial charge in [-0.1, -0.05) is 30.3 Å². The predicted molar refractivity (Wildman–Crippen MR) is 86.4 cm³/mol. The molecule has 0 radical (unpaired) electrons. The van der Waals surface area contributed by atoms with E-state index >= 15 is 0 Å². The van der Waals surface area contributed by atoms with Crippen molar-refractivity contribution in [3.8, 4) is 0 Å². The molecule has 0 saturated heterocycles. The molecule has 104 valence electrons. The highest BCUT2D eigenvalue weighted by Gasteiger charge is 2.17. The second kappa shape index (κ2) is 6.00. The van der Waals surface area contributed by atoms with Gasteiger partial charge in [0.25, 0.3) is 0 Å². The van der Waals surface area contributed by atoms with Gasteiger partial charge in [-0.25, -0.2) is 0 Å². The van der Waals surface area contributed by atoms with Crippen LogP contribution in [0.2, 0.25) is 0 Å². The zero-order valence-corrected chi connectivity index (χ0v) is 12.1. The average molecular weight is 266 g/mol. The summed E-state index contributed by atoms with van der Waals surface area (Å²) in [5.41, 5.74) is 5.51. The SMILES string of the molecule is CCNc1ccc2c(c1)CCCN2Cc1ccccc1. The first kappa shape index (κ1) is 13.0. The highest BCUT2D eigenvalue weighted by molar-refractivity contribution is 5.62. The smallest absolute Gasteiger partial charge is 0.0429 e. The van der Waals surface area contributed by atoms with Gasteiger partial charge in [0.15, 0.2) is 0 Å². The number of benzene rings is 2. The molecule has 3 rings (SSSR count). The van der Waals surface area contributed by atoms with Gasteiger partial charge in [-0.05, 0) is 49.1 Å². The number of hydrogen-bond donors (Lipinski definition) is 1. The maximum Gasteiger partial charge on any atom is 0.0429 e. The van der Waals surface area contributed by atoms with Gasteiger partial charge in [-0.15, -0.1) is 0 Å². The Morgan fingerprint density at radius 1 is 1.10 bits per heavy atom. The summed E-state index contributed by atoms with van der Waals surface area (Å²) in [4.78, 5) is 2.50. The predicted octanol–water partition coefficient (Wildman–Crippen LogP) is 4.07. The van der Waals surface area contributed by atoms with Crippen molar-refractivity contribution >= 4 is 11.4 Å². The molecule has 0 fully saturated rings. The van der Waals surface area contributed by atoms with E-state index in [0.717, 1.165) is 19.6 Å². The van der Waals surface area contributed by atoms with E-state index in [1.807, 2.05) is 0 Å². The molecule has 2 nitrogen and oxygen atoms in total. The normalized spacial score (nSPS) is 13.9. The van der Waals surface area contributed by atoms with E-state index in [-0.39, 0.29) is 0 Å². The van der Waals surface area contributed by atoms with Crippen LogP contribution in [0, 0.1) is 0 Å². The second-order valence-corrected chi connectivity index (χ2v) is 5.38. The van der Waals surface area contributed by atoms with Crippen LogP contribution in [0.15, 0.2) is 48.5 Å². The molecule has 2 aromatic carbocycles. The van der Waals surface area contributed by atoms with E-state index in [4.69, 9.17) is 0 Å². The molecule has 1 aliphatic rings. The maximum atomic E-state index is 3.40. The largest absolute Gasteiger partial charge is 0.385 e. The highest BCUT2D eigenvalue weighted by Crippen LogP contribution is 2.30. The molecule has 0 saturated carbocycles. The van der Waals surface area contributed by atoms with E-state index in [0.29, 0.717) is 0 Å². The Bertz CT molecular complexity index is 563. The summed E-state index contributed by atoms with van der Waals surface area (Å²) < 4.78 is 0. The third-order valence-corrected chi connectivity index (χ3v) is 3.89. The number of nitrogens with one attached hydrogen (secondary N) is 1. The molecule has 0 bridgehead atoms. The summed E-state index contributed by atoms with van der Waals surface area (Å²) >= 11 is 0. The van der Waals surface area contributed by atoms with Crippen molar-refractivity contribution in [2.24, 2.45) is 0 Å². The van der Waals surface area contributed by atoms with Crippen LogP contribution in [0.1, 0.15) is 24.5 Å². The van der Waals surface area contributed by atoms with Crippen molar-refractivity contribution in [3.05, 3.63) is 59.7 Å². The van der Waals surface area contributed by atoms with Crippen LogP contribution in [-0.4, -0.2) is 13.1 Å². The standard InChI is InChI=1S/C18H22N2/c1-2-19-17-10-11-18-16(13-17)9-6-12-20(18)14-15-7-4-3-5-8-15/h3-5,7-8,10-11,13,19H,2,6,9,12,14H2,1H3. The van der Waals surface area contributed by atoms with Crippen molar-refractivity contribution in [2.45, 2.75) is 26.3 Å². The molecular formula is C18H22N2. The summed E-state index contributed by atoms with van der Waals surface area (Å²) in [7, 11) is 0. The Morgan fingerprint density at radius 3 is 2.75 bits per heavy atom. The lowest BCUT2D eigenvalue weighted by molar-refractivity contribution is 0.691. The van der Waals surface area contributed by atoms with Crippen molar-refractivity contribution in [1.29, 1.82) is 0 Å². The fourth-order valence-electron chi connectivity index (χ4n) is 2.96. The quantitative estimate of drug-likeness (QED) is 0.897. The molecule has 1 aliphatic heterocycles. The lowest BCUT2D eigenvalue weighted by Gasteiger charge is -2.32. The fourth-order valence-corrected chi connectivity index (χ4v) is 2.96. The Labute approximate surface area is 121 Å². The molecule has 0 spiro atoms. The van der Waals surface area contributed by atoms with Gasteiger partial charge in [0.05, 0.1) is 0 Å². The van der Waals surface area contributed by atoms with Crippen molar-refractivity contribution < 1.29 is 0 Å². The Hall–Kier alpha value is -1.96. The van der Waals surface area contributed by atoms with Gasteiger partial charge >= 0.3 is 0 Å². The van der Waals surface area contributed by atoms with Gasteiger partial charge < -0.3 is 10.2 Å². The number of anilines is 2. The van der Waals surface area contributed by atoms with E-state index in [9.17, 15) is 0 Å². The fraction of sp³-hybridized carbons (Fsp3) is 0.333. The minimum atomic E-state index is 0.979. The average Bonchev–Trinajstić information content (AvgIpc) is 2.49. The van der Waals surface area contributed by atoms with E-state index in [1.165, 1.54) is 35.3 Å². The first-order valence-electron chi connectivity index (χ1n) is 7.52. The third-order valence-electron chi connectivity index (χ3n) is 3.89. The van der Waals surface area contributed by atoms with Crippen LogP contribution in [0.4, 0.5) is 11.4 Å². The highest BCUT2D eigenvalue weighted by atomic mass is 15.1. The Morgan fingerprint density at radius 2 is 1.95 bits per heavy atom. The van der Waals surface area contributed by atoms with Crippen LogP contribution in [-0.2, 0) is 13.0 Å². The summed E-state index contributed by atoms with van der Waals surface area (Å²) in [6.45, 7) is 5.28. The zero-order valence-electron chi connectivity index (χ0n) is 12.1. The minimum absolute atomic E-state index is 0.979. The molecule has 0 unspecified atom stereocenters. The van der Waals surface area contributed by atoms with E-state index in [2.05, 4.69) is 65.7 Å². The van der Waals surface area contributed by atoms with Crippen LogP contribution in [0.5, 0.6) is 0 Å². The maximum absolute atomic E-state index is 3.40. The van der Waals surface area contributed by atoms with Crippen molar-refractivity contribution in [1.82, 2.24) is 0 Å². The molecular weight excluding hydrogens is 244 g/mol.